The molecule has 0 aliphatic carbocycles. The Morgan fingerprint density at radius 2 is 1.35 bits per heavy atom. The number of carboxylic acid groups (broad SMARTS) is 2. The van der Waals surface area contributed by atoms with Crippen molar-refractivity contribution in [2.45, 2.75) is 115 Å². The maximum absolute atomic E-state index is 14.1. The first-order valence-corrected chi connectivity index (χ1v) is 22.2. The van der Waals surface area contributed by atoms with E-state index in [1.807, 2.05) is 43.3 Å². The van der Waals surface area contributed by atoms with Gasteiger partial charge in [0.1, 0.15) is 35.4 Å². The molecule has 368 valence electrons. The summed E-state index contributed by atoms with van der Waals surface area (Å²) in [5.74, 6) is -10.5. The Labute approximate surface area is 396 Å². The number of carboxylic acids is 2. The fourth-order valence-corrected chi connectivity index (χ4v) is 7.27. The Kier molecular flexibility index (Phi) is 20.8. The molecule has 1 saturated heterocycles. The molecule has 1 unspecified atom stereocenters. The van der Waals surface area contributed by atoms with Crippen LogP contribution in [0.4, 0.5) is 0 Å². The van der Waals surface area contributed by atoms with E-state index in [0.717, 1.165) is 23.0 Å². The minimum atomic E-state index is -2.20. The van der Waals surface area contributed by atoms with Crippen LogP contribution < -0.4 is 31.9 Å². The summed E-state index contributed by atoms with van der Waals surface area (Å²) in [5.41, 5.74) is -0.311. The number of amides is 7. The molecular weight excluding hydrogens is 879 g/mol. The van der Waals surface area contributed by atoms with Crippen molar-refractivity contribution in [1.82, 2.24) is 36.8 Å². The fraction of sp³-hybridized carbons (Fsp3) is 0.449. The number of aliphatic carboxylic acids is 2. The van der Waals surface area contributed by atoms with Gasteiger partial charge in [0.2, 0.25) is 35.4 Å². The van der Waals surface area contributed by atoms with E-state index in [1.54, 1.807) is 50.4 Å². The van der Waals surface area contributed by atoms with E-state index in [0.29, 0.717) is 12.0 Å². The topological polar surface area (TPSA) is 279 Å². The third kappa shape index (κ3) is 16.6. The Hall–Kier alpha value is -7.15. The molecule has 19 nitrogen and oxygen atoms in total. The molecule has 1 fully saturated rings. The van der Waals surface area contributed by atoms with E-state index in [4.69, 9.17) is 4.74 Å². The normalized spacial score (nSPS) is 25.4. The predicted molar refractivity (Wildman–Crippen MR) is 251 cm³/mol. The summed E-state index contributed by atoms with van der Waals surface area (Å²) in [6.45, 7) is 12.7. The van der Waals surface area contributed by atoms with Gasteiger partial charge in [-0.15, -0.1) is 0 Å². The van der Waals surface area contributed by atoms with Crippen molar-refractivity contribution in [1.29, 1.82) is 0 Å². The lowest BCUT2D eigenvalue weighted by Gasteiger charge is -2.32. The van der Waals surface area contributed by atoms with Crippen LogP contribution in [0.25, 0.3) is 0 Å². The number of carbonyl (C=O) groups is 9. The SMILES string of the molecule is C=C1C(=O)N[C@@H](C)C(=O)N[C@@H](Cc2ccccc2)C(=O)N[C@](C)(CC(=O)O)C(=O)N[C@@H](C)C(=O)NC(/C=C/C(C)=C/[C@H](C)[C@H](Cc2ccccc2)OC)[C@H](C)C(=O)N[C@H](CCC(=O)O)C(=O)N1C. The number of hydrogen-bond donors (Lipinski definition) is 8. The van der Waals surface area contributed by atoms with Crippen LogP contribution in [0.2, 0.25) is 0 Å². The zero-order valence-electron chi connectivity index (χ0n) is 39.8. The number of hydrogen-bond acceptors (Lipinski definition) is 10. The Morgan fingerprint density at radius 1 is 0.794 bits per heavy atom. The maximum atomic E-state index is 14.1. The van der Waals surface area contributed by atoms with E-state index in [2.05, 4.69) is 38.5 Å². The van der Waals surface area contributed by atoms with E-state index in [9.17, 15) is 53.4 Å². The molecule has 0 bridgehead atoms. The number of rotatable bonds is 14. The second kappa shape index (κ2) is 25.7. The van der Waals surface area contributed by atoms with Crippen LogP contribution in [-0.4, -0.2) is 124 Å². The average Bonchev–Trinajstić information content (AvgIpc) is 3.29. The van der Waals surface area contributed by atoms with Gasteiger partial charge in [-0.3, -0.25) is 43.2 Å². The molecule has 19 heteroatoms. The highest BCUT2D eigenvalue weighted by atomic mass is 16.5. The first kappa shape index (κ1) is 55.2. The van der Waals surface area contributed by atoms with Gasteiger partial charge in [0, 0.05) is 32.9 Å². The molecule has 68 heavy (non-hydrogen) atoms. The van der Waals surface area contributed by atoms with Gasteiger partial charge >= 0.3 is 11.9 Å². The van der Waals surface area contributed by atoms with Crippen LogP contribution in [0, 0.1) is 11.8 Å². The highest BCUT2D eigenvalue weighted by Crippen LogP contribution is 2.19. The van der Waals surface area contributed by atoms with Crippen LogP contribution in [0.3, 0.4) is 0 Å². The molecule has 8 N–H and O–H groups in total. The van der Waals surface area contributed by atoms with Crippen molar-refractivity contribution in [3.05, 3.63) is 108 Å². The molecule has 1 aliphatic rings. The molecule has 0 aromatic heterocycles. The van der Waals surface area contributed by atoms with Crippen molar-refractivity contribution < 1.29 is 58.1 Å². The summed E-state index contributed by atoms with van der Waals surface area (Å²) < 4.78 is 5.80. The summed E-state index contributed by atoms with van der Waals surface area (Å²) in [4.78, 5) is 122. The second-order valence-corrected chi connectivity index (χ2v) is 17.3. The smallest absolute Gasteiger partial charge is 0.306 e. The second-order valence-electron chi connectivity index (χ2n) is 17.3. The van der Waals surface area contributed by atoms with Crippen LogP contribution in [0.1, 0.15) is 71.9 Å². The van der Waals surface area contributed by atoms with Crippen LogP contribution in [-0.2, 0) is 60.7 Å². The molecule has 0 radical (unpaired) electrons. The molecular formula is C49H65N7O12. The zero-order valence-corrected chi connectivity index (χ0v) is 39.8. The maximum Gasteiger partial charge on any atom is 0.306 e. The van der Waals surface area contributed by atoms with Crippen molar-refractivity contribution in [2.75, 3.05) is 14.2 Å². The highest BCUT2D eigenvalue weighted by molar-refractivity contribution is 6.02. The lowest BCUT2D eigenvalue weighted by molar-refractivity contribution is -0.145. The number of ether oxygens (including phenoxy) is 1. The molecule has 2 aromatic rings. The van der Waals surface area contributed by atoms with Gasteiger partial charge in [0.15, 0.2) is 0 Å². The number of allylic oxidation sites excluding steroid dienone is 2. The van der Waals surface area contributed by atoms with E-state index < -0.39 is 120 Å². The highest BCUT2D eigenvalue weighted by Gasteiger charge is 2.41. The molecule has 1 aliphatic heterocycles. The predicted octanol–water partition coefficient (Wildman–Crippen LogP) is 1.93. The van der Waals surface area contributed by atoms with Gasteiger partial charge in [-0.25, -0.2) is 0 Å². The lowest BCUT2D eigenvalue weighted by Crippen LogP contribution is -2.64. The van der Waals surface area contributed by atoms with Crippen LogP contribution in [0.15, 0.2) is 96.7 Å². The summed E-state index contributed by atoms with van der Waals surface area (Å²) in [6.07, 6.45) is 3.50. The van der Waals surface area contributed by atoms with E-state index >= 15 is 0 Å². The first-order valence-electron chi connectivity index (χ1n) is 22.2. The van der Waals surface area contributed by atoms with E-state index in [-0.39, 0.29) is 18.4 Å². The molecule has 7 amide bonds. The minimum Gasteiger partial charge on any atom is -0.481 e. The molecule has 0 saturated carbocycles. The van der Waals surface area contributed by atoms with Gasteiger partial charge in [-0.1, -0.05) is 105 Å². The Bertz CT molecular complexity index is 2230. The summed E-state index contributed by atoms with van der Waals surface area (Å²) >= 11 is 0. The standard InChI is InChI=1S/C49H65N7O12/c1-28(24-29(2)39(68-9)26-35-18-14-11-15-19-35)20-21-36-30(3)42(61)53-37(22-23-40(57)58)47(66)56(8)33(6)45(64)50-31(4)43(62)54-38(25-34-16-12-10-13-17-34)46(65)55-49(7,27-41(59)60)48(67)51-32(5)44(63)52-36/h10-21,24,29-32,36-39H,6,22-23,25-27H2,1-5,7-9H3,(H,50,64)(H,51,67)(H,52,63)(H,53,61)(H,54,62)(H,55,65)(H,57,58)(H,59,60)/b21-20+,28-24+/t29-,30-,31-,32-,36?,37+,38-,39-,49+/m0/s1. The summed E-state index contributed by atoms with van der Waals surface area (Å²) in [5, 5.41) is 34.6. The average molecular weight is 944 g/mol. The number of nitrogens with one attached hydrogen (secondary N) is 6. The van der Waals surface area contributed by atoms with Crippen LogP contribution in [0.5, 0.6) is 0 Å². The van der Waals surface area contributed by atoms with Gasteiger partial charge in [0.05, 0.1) is 24.5 Å². The Balaban J connectivity index is 2.11. The molecule has 3 rings (SSSR count). The van der Waals surface area contributed by atoms with E-state index in [1.165, 1.54) is 33.9 Å². The largest absolute Gasteiger partial charge is 0.481 e. The Morgan fingerprint density at radius 3 is 1.93 bits per heavy atom. The molecule has 9 atom stereocenters. The fourth-order valence-electron chi connectivity index (χ4n) is 7.27. The number of nitrogens with zero attached hydrogens (tertiary/aromatic N) is 1. The van der Waals surface area contributed by atoms with Crippen molar-refractivity contribution in [3.8, 4) is 0 Å². The van der Waals surface area contributed by atoms with Crippen molar-refractivity contribution in [3.63, 3.8) is 0 Å². The van der Waals surface area contributed by atoms with Crippen molar-refractivity contribution in [2.24, 2.45) is 11.8 Å². The first-order chi connectivity index (χ1) is 32.0. The minimum absolute atomic E-state index is 0.105. The van der Waals surface area contributed by atoms with Gasteiger partial charge in [-0.05, 0) is 51.7 Å². The molecule has 0 spiro atoms. The van der Waals surface area contributed by atoms with Gasteiger partial charge in [-0.2, -0.15) is 0 Å². The van der Waals surface area contributed by atoms with Crippen LogP contribution >= 0.6 is 0 Å². The van der Waals surface area contributed by atoms with Crippen molar-refractivity contribution >= 4 is 53.3 Å². The summed E-state index contributed by atoms with van der Waals surface area (Å²) in [7, 11) is 2.79. The van der Waals surface area contributed by atoms with Gasteiger partial charge in [0.25, 0.3) is 5.91 Å². The zero-order chi connectivity index (χ0) is 50.9. The third-order valence-electron chi connectivity index (χ3n) is 11.6. The molecule has 1 heterocycles. The number of carbonyl (C=O) groups excluding carboxylic acids is 7. The quantitative estimate of drug-likeness (QED) is 0.0997. The number of likely N-dealkylation sites (N-methyl/N-ethyl adjacent to an activating group) is 1. The van der Waals surface area contributed by atoms with Gasteiger partial charge < -0.3 is 51.8 Å². The monoisotopic (exact) mass is 943 g/mol. The number of benzene rings is 2. The summed E-state index contributed by atoms with van der Waals surface area (Å²) in [6, 6.07) is 11.4. The molecule has 2 aromatic carbocycles. The third-order valence-corrected chi connectivity index (χ3v) is 11.6. The number of methoxy groups -OCH3 is 1. The lowest BCUT2D eigenvalue weighted by atomic mass is 9.94.